The zero-order chi connectivity index (χ0) is 35.0. The summed E-state index contributed by atoms with van der Waals surface area (Å²) in [5.41, 5.74) is 1.72. The molecule has 48 heavy (non-hydrogen) atoms. The molecular weight excluding hydrogens is 670 g/mol. The Kier molecular flexibility index (Phi) is 12.5. The molecule has 1 atom stereocenters. The van der Waals surface area contributed by atoms with Gasteiger partial charge >= 0.3 is 17.9 Å². The topological polar surface area (TPSA) is 244 Å². The lowest BCUT2D eigenvalue weighted by Gasteiger charge is -2.34. The van der Waals surface area contributed by atoms with Crippen molar-refractivity contribution in [1.82, 2.24) is 34.2 Å². The van der Waals surface area contributed by atoms with Gasteiger partial charge in [-0.25, -0.2) is 23.1 Å². The van der Waals surface area contributed by atoms with E-state index in [1.807, 2.05) is 11.9 Å². The number of carboxylic acids is 3. The van der Waals surface area contributed by atoms with E-state index in [4.69, 9.17) is 5.14 Å². The lowest BCUT2D eigenvalue weighted by molar-refractivity contribution is -0.144. The average molecular weight is 710 g/mol. The number of nitrogens with two attached hydrogens (primary N) is 1. The Morgan fingerprint density at radius 1 is 0.917 bits per heavy atom. The number of sulfonamides is 1. The molecule has 1 fully saturated rings. The first-order valence-corrected chi connectivity index (χ1v) is 17.4. The Balaban J connectivity index is 1.37. The lowest BCUT2D eigenvalue weighted by Crippen LogP contribution is -2.51. The number of amides is 1. The van der Waals surface area contributed by atoms with Crippen molar-refractivity contribution in [2.24, 2.45) is 5.14 Å². The van der Waals surface area contributed by atoms with Crippen LogP contribution in [0.15, 0.2) is 34.8 Å². The number of benzene rings is 1. The number of carboxylic acid groups (broad SMARTS) is 3. The second-order valence-corrected chi connectivity index (χ2v) is 14.2. The summed E-state index contributed by atoms with van der Waals surface area (Å²) < 4.78 is 24.1. The first kappa shape index (κ1) is 36.8. The number of hydrogen-bond acceptors (Lipinski definition) is 13. The van der Waals surface area contributed by atoms with Gasteiger partial charge < -0.3 is 25.5 Å². The predicted molar refractivity (Wildman–Crippen MR) is 174 cm³/mol. The number of aliphatic carboxylic acids is 3. The van der Waals surface area contributed by atoms with E-state index in [2.05, 4.69) is 15.4 Å². The summed E-state index contributed by atoms with van der Waals surface area (Å²) in [6, 6.07) is 5.78. The summed E-state index contributed by atoms with van der Waals surface area (Å²) in [5, 5.41) is 40.7. The van der Waals surface area contributed by atoms with E-state index < -0.39 is 34.0 Å². The van der Waals surface area contributed by atoms with Gasteiger partial charge in [0.25, 0.3) is 10.0 Å². The first-order chi connectivity index (χ1) is 22.7. The highest BCUT2D eigenvalue weighted by atomic mass is 32.2. The number of likely N-dealkylation sites (N-methyl/N-ethyl adjacent to an activating group) is 1. The normalized spacial score (nSPS) is 17.4. The maximum Gasteiger partial charge on any atom is 0.320 e. The molecule has 1 unspecified atom stereocenters. The highest BCUT2D eigenvalue weighted by Gasteiger charge is 2.28. The molecule has 1 amide bonds. The third-order valence-electron chi connectivity index (χ3n) is 7.82. The van der Waals surface area contributed by atoms with Crippen LogP contribution in [0.5, 0.6) is 0 Å². The standard InChI is InChI=1S/C28H39N9O9S2/c1-33-8-10-34(17-24(39)40)11-12-35(18-25(41)42)13-15-36(14-9-33)22(26(43)44)6-7-23(38)30-20-4-2-19(3-5-20)21-16-37-27(31-21)47-28(32-37)48(29,45)46/h2-5,16,22H,6-15,17-18H2,1H3,(H,30,38)(H,39,40)(H,41,42)(H,43,44)(H2,29,45,46). The minimum atomic E-state index is -3.94. The van der Waals surface area contributed by atoms with Gasteiger partial charge in [0.2, 0.25) is 15.2 Å². The zero-order valence-corrected chi connectivity index (χ0v) is 27.9. The largest absolute Gasteiger partial charge is 0.480 e. The smallest absolute Gasteiger partial charge is 0.320 e. The summed E-state index contributed by atoms with van der Waals surface area (Å²) in [4.78, 5) is 60.0. The van der Waals surface area contributed by atoms with E-state index in [0.29, 0.717) is 61.2 Å². The highest BCUT2D eigenvalue weighted by Crippen LogP contribution is 2.25. The second-order valence-electron chi connectivity index (χ2n) is 11.5. The molecular formula is C28H39N9O9S2. The molecule has 3 heterocycles. The van der Waals surface area contributed by atoms with E-state index in [-0.39, 0.29) is 49.3 Å². The molecule has 0 bridgehead atoms. The van der Waals surface area contributed by atoms with Crippen LogP contribution in [0, 0.1) is 0 Å². The van der Waals surface area contributed by atoms with E-state index in [1.54, 1.807) is 45.2 Å². The van der Waals surface area contributed by atoms with Crippen LogP contribution in [0.2, 0.25) is 0 Å². The van der Waals surface area contributed by atoms with Crippen molar-refractivity contribution in [3.05, 3.63) is 30.5 Å². The van der Waals surface area contributed by atoms with Crippen molar-refractivity contribution in [3.8, 4) is 11.3 Å². The summed E-state index contributed by atoms with van der Waals surface area (Å²) >= 11 is 0.839. The Hall–Kier alpha value is -4.05. The monoisotopic (exact) mass is 709 g/mol. The number of carbonyl (C=O) groups excluding carboxylic acids is 1. The fourth-order valence-corrected chi connectivity index (χ4v) is 6.74. The summed E-state index contributed by atoms with van der Waals surface area (Å²) in [6.07, 6.45) is 1.50. The number of aromatic nitrogens is 3. The Morgan fingerprint density at radius 3 is 2.04 bits per heavy atom. The van der Waals surface area contributed by atoms with Crippen LogP contribution in [-0.2, 0) is 29.2 Å². The Morgan fingerprint density at radius 2 is 1.48 bits per heavy atom. The molecule has 1 aliphatic rings. The summed E-state index contributed by atoms with van der Waals surface area (Å²) in [5.74, 6) is -3.49. The maximum absolute atomic E-state index is 12.9. The van der Waals surface area contributed by atoms with E-state index in [0.717, 1.165) is 11.3 Å². The van der Waals surface area contributed by atoms with Crippen LogP contribution in [0.1, 0.15) is 12.8 Å². The molecule has 0 spiro atoms. The van der Waals surface area contributed by atoms with E-state index in [1.165, 1.54) is 4.52 Å². The Bertz CT molecular complexity index is 1680. The minimum absolute atomic E-state index is 0.0210. The molecule has 0 radical (unpaired) electrons. The van der Waals surface area contributed by atoms with Crippen LogP contribution in [0.3, 0.4) is 0 Å². The second kappa shape index (κ2) is 16.4. The van der Waals surface area contributed by atoms with Gasteiger partial charge in [-0.2, -0.15) is 0 Å². The van der Waals surface area contributed by atoms with Crippen molar-refractivity contribution in [1.29, 1.82) is 0 Å². The molecule has 0 aliphatic carbocycles. The molecule has 4 rings (SSSR count). The zero-order valence-electron chi connectivity index (χ0n) is 26.3. The number of carbonyl (C=O) groups is 4. The number of primary sulfonamides is 1. The van der Waals surface area contributed by atoms with Gasteiger partial charge in [-0.05, 0) is 25.6 Å². The molecule has 2 aromatic heterocycles. The van der Waals surface area contributed by atoms with Crippen LogP contribution in [0.25, 0.3) is 16.2 Å². The van der Waals surface area contributed by atoms with Gasteiger partial charge in [-0.1, -0.05) is 23.5 Å². The number of hydrogen-bond donors (Lipinski definition) is 5. The van der Waals surface area contributed by atoms with Gasteiger partial charge in [0.15, 0.2) is 0 Å². The number of nitrogens with one attached hydrogen (secondary N) is 1. The van der Waals surface area contributed by atoms with Crippen LogP contribution >= 0.6 is 11.3 Å². The van der Waals surface area contributed by atoms with Crippen molar-refractivity contribution in [2.75, 3.05) is 77.8 Å². The van der Waals surface area contributed by atoms with Crippen molar-refractivity contribution in [3.63, 3.8) is 0 Å². The quantitative estimate of drug-likeness (QED) is 0.156. The SMILES string of the molecule is CN1CCN(CC(=O)O)CCN(CC(=O)O)CCN(C(CCC(=O)Nc2ccc(-c3cn4nc(S(N)(=O)=O)sc4n3)cc2)C(=O)O)CC1. The number of nitrogens with zero attached hydrogens (tertiary/aromatic N) is 7. The molecule has 1 saturated heterocycles. The van der Waals surface area contributed by atoms with Gasteiger partial charge in [0.05, 0.1) is 25.0 Å². The highest BCUT2D eigenvalue weighted by molar-refractivity contribution is 7.91. The maximum atomic E-state index is 12.9. The van der Waals surface area contributed by atoms with Crippen molar-refractivity contribution in [2.45, 2.75) is 23.2 Å². The summed E-state index contributed by atoms with van der Waals surface area (Å²) in [6.45, 7) is 2.51. The number of imidazole rings is 1. The number of fused-ring (bicyclic) bond motifs is 1. The number of rotatable bonds is 12. The van der Waals surface area contributed by atoms with Gasteiger partial charge in [0.1, 0.15) is 6.04 Å². The fourth-order valence-electron chi connectivity index (χ4n) is 5.24. The van der Waals surface area contributed by atoms with Gasteiger partial charge in [-0.3, -0.25) is 33.9 Å². The van der Waals surface area contributed by atoms with Crippen molar-refractivity contribution < 1.29 is 42.9 Å². The molecule has 1 aliphatic heterocycles. The van der Waals surface area contributed by atoms with Gasteiger partial charge in [-0.15, -0.1) is 5.10 Å². The molecule has 18 nitrogen and oxygen atoms in total. The number of anilines is 1. The summed E-state index contributed by atoms with van der Waals surface area (Å²) in [7, 11) is -2.08. The van der Waals surface area contributed by atoms with Crippen LogP contribution in [0.4, 0.5) is 5.69 Å². The van der Waals surface area contributed by atoms with E-state index in [9.17, 15) is 42.9 Å². The lowest BCUT2D eigenvalue weighted by atomic mass is 10.1. The molecule has 262 valence electrons. The van der Waals surface area contributed by atoms with Crippen LogP contribution in [-0.4, -0.2) is 160 Å². The minimum Gasteiger partial charge on any atom is -0.480 e. The third-order valence-corrected chi connectivity index (χ3v) is 10.1. The van der Waals surface area contributed by atoms with Crippen molar-refractivity contribution >= 4 is 55.8 Å². The van der Waals surface area contributed by atoms with E-state index >= 15 is 0 Å². The first-order valence-electron chi connectivity index (χ1n) is 15.0. The molecule has 6 N–H and O–H groups in total. The third kappa shape index (κ3) is 10.7. The molecule has 3 aromatic rings. The average Bonchev–Trinajstić information content (AvgIpc) is 3.59. The van der Waals surface area contributed by atoms with Crippen LogP contribution < -0.4 is 10.5 Å². The molecule has 20 heteroatoms. The predicted octanol–water partition coefficient (Wildman–Crippen LogP) is -0.702. The molecule has 1 aromatic carbocycles. The fraction of sp³-hybridized carbons (Fsp3) is 0.500. The molecule has 0 saturated carbocycles. The van der Waals surface area contributed by atoms with Gasteiger partial charge in [0, 0.05) is 70.0 Å². The Labute approximate surface area is 280 Å².